The van der Waals surface area contributed by atoms with Gasteiger partial charge >= 0.3 is 6.18 Å². The van der Waals surface area contributed by atoms with Crippen molar-refractivity contribution in [3.63, 3.8) is 0 Å². The molecule has 0 radical (unpaired) electrons. The number of nitrogens with two attached hydrogens (primary N) is 2. The van der Waals surface area contributed by atoms with E-state index in [1.165, 1.54) is 38.4 Å². The minimum atomic E-state index is -4.70. The van der Waals surface area contributed by atoms with E-state index in [1.54, 1.807) is 19.9 Å². The van der Waals surface area contributed by atoms with E-state index >= 15 is 0 Å². The predicted molar refractivity (Wildman–Crippen MR) is 141 cm³/mol. The second-order valence-corrected chi connectivity index (χ2v) is 9.80. The van der Waals surface area contributed by atoms with E-state index in [9.17, 15) is 27.2 Å². The fourth-order valence-corrected chi connectivity index (χ4v) is 3.32. The molecule has 0 spiro atoms. The van der Waals surface area contributed by atoms with E-state index in [-0.39, 0.29) is 30.4 Å². The number of hydrogen-bond donors (Lipinski definition) is 3. The van der Waals surface area contributed by atoms with Gasteiger partial charge < -0.3 is 16.8 Å². The number of rotatable bonds is 13. The molecule has 0 aromatic carbocycles. The van der Waals surface area contributed by atoms with Crippen LogP contribution in [0.5, 0.6) is 0 Å². The zero-order chi connectivity index (χ0) is 29.3. The van der Waals surface area contributed by atoms with Crippen LogP contribution in [0.3, 0.4) is 0 Å². The van der Waals surface area contributed by atoms with Crippen molar-refractivity contribution in [1.82, 2.24) is 15.1 Å². The minimum Gasteiger partial charge on any atom is -0.404 e. The number of aromatic nitrogens is 2. The summed E-state index contributed by atoms with van der Waals surface area (Å²) < 4.78 is 54.9. The molecule has 1 heterocycles. The Morgan fingerprint density at radius 3 is 2.37 bits per heavy atom. The highest BCUT2D eigenvalue weighted by Crippen LogP contribution is 2.32. The first-order valence-corrected chi connectivity index (χ1v) is 12.2. The fourth-order valence-electron chi connectivity index (χ4n) is 3.32. The lowest BCUT2D eigenvalue weighted by Crippen LogP contribution is -2.52. The zero-order valence-electron chi connectivity index (χ0n) is 22.6. The number of aliphatic imine (C=N–C) groups is 1. The summed E-state index contributed by atoms with van der Waals surface area (Å²) in [5, 5.41) is 6.50. The van der Waals surface area contributed by atoms with Gasteiger partial charge in [-0.15, -0.1) is 0 Å². The van der Waals surface area contributed by atoms with Gasteiger partial charge in [0.25, 0.3) is 0 Å². The van der Waals surface area contributed by atoms with E-state index in [0.29, 0.717) is 11.1 Å². The molecule has 212 valence electrons. The van der Waals surface area contributed by atoms with Gasteiger partial charge in [0, 0.05) is 6.21 Å². The molecule has 0 fully saturated rings. The molecule has 1 rings (SSSR count). The Morgan fingerprint density at radius 2 is 1.87 bits per heavy atom. The molecule has 3 atom stereocenters. The molecule has 0 bridgehead atoms. The van der Waals surface area contributed by atoms with Crippen LogP contribution in [0.1, 0.15) is 65.8 Å². The third-order valence-corrected chi connectivity index (χ3v) is 5.43. The highest BCUT2D eigenvalue weighted by atomic mass is 19.4. The Morgan fingerprint density at radius 1 is 1.24 bits per heavy atom. The van der Waals surface area contributed by atoms with Crippen molar-refractivity contribution < 1.29 is 27.2 Å². The summed E-state index contributed by atoms with van der Waals surface area (Å²) in [5.41, 5.74) is 10.2. The summed E-state index contributed by atoms with van der Waals surface area (Å²) in [6.45, 7) is 9.51. The molecule has 3 unspecified atom stereocenters. The molecular formula is C26H38F4N6O2. The molecule has 12 heteroatoms. The van der Waals surface area contributed by atoms with Crippen LogP contribution in [0.2, 0.25) is 0 Å². The van der Waals surface area contributed by atoms with Gasteiger partial charge in [-0.05, 0) is 75.6 Å². The smallest absolute Gasteiger partial charge is 0.404 e. The van der Waals surface area contributed by atoms with E-state index in [2.05, 4.69) is 15.4 Å². The first-order chi connectivity index (χ1) is 17.5. The maximum Gasteiger partial charge on any atom is 0.435 e. The average Bonchev–Trinajstić information content (AvgIpc) is 3.21. The fraction of sp³-hybridized carbons (Fsp3) is 0.538. The van der Waals surface area contributed by atoms with Crippen LogP contribution in [-0.2, 0) is 22.3 Å². The number of nitrogens with one attached hydrogen (secondary N) is 1. The monoisotopic (exact) mass is 542 g/mol. The van der Waals surface area contributed by atoms with Crippen molar-refractivity contribution >= 4 is 23.5 Å². The molecule has 38 heavy (non-hydrogen) atoms. The van der Waals surface area contributed by atoms with Gasteiger partial charge in [-0.2, -0.15) is 18.3 Å². The second kappa shape index (κ2) is 14.0. The van der Waals surface area contributed by atoms with E-state index in [4.69, 9.17) is 11.5 Å². The first-order valence-electron chi connectivity index (χ1n) is 12.2. The SMILES string of the molecule is CCC(C)/C=C(\C=C/C(C)=O)c1cc(C(F)(F)F)nn1CC(C)(C)NC(=O)C(N)CC(=C/N)/C=N/C(C)F. The van der Waals surface area contributed by atoms with Crippen LogP contribution in [-0.4, -0.2) is 45.6 Å². The Bertz CT molecular complexity index is 1080. The van der Waals surface area contributed by atoms with Crippen LogP contribution < -0.4 is 16.8 Å². The number of carbonyl (C=O) groups excluding carboxylic acids is 2. The van der Waals surface area contributed by atoms with Crippen molar-refractivity contribution in [1.29, 1.82) is 0 Å². The Hall–Kier alpha value is -3.28. The number of halogens is 4. The lowest BCUT2D eigenvalue weighted by molar-refractivity contribution is -0.141. The minimum absolute atomic E-state index is 0.0127. The summed E-state index contributed by atoms with van der Waals surface area (Å²) in [6, 6.07) is -0.154. The number of carbonyl (C=O) groups is 2. The summed E-state index contributed by atoms with van der Waals surface area (Å²) >= 11 is 0. The lowest BCUT2D eigenvalue weighted by atomic mass is 10.0. The standard InChI is InChI=1S/C26H38F4N6O2/c1-7-16(2)10-20(9-8-17(3)37)22-12-23(26(28,29)30)35-36(22)15-25(5,6)34-24(38)21(32)11-19(13-31)14-33-18(4)27/h8-10,12-14,16,18,21H,7,11,15,31-32H2,1-6H3,(H,34,38)/b9-8-,19-13-,20-10+,33-14+. The van der Waals surface area contributed by atoms with Crippen molar-refractivity contribution in [2.75, 3.05) is 0 Å². The third kappa shape index (κ3) is 11.0. The summed E-state index contributed by atoms with van der Waals surface area (Å²) in [7, 11) is 0. The lowest BCUT2D eigenvalue weighted by Gasteiger charge is -2.29. The molecule has 5 N–H and O–H groups in total. The molecule has 1 aromatic rings. The highest BCUT2D eigenvalue weighted by Gasteiger charge is 2.36. The number of alkyl halides is 4. The van der Waals surface area contributed by atoms with Gasteiger partial charge in [-0.25, -0.2) is 4.39 Å². The molecule has 1 aromatic heterocycles. The van der Waals surface area contributed by atoms with Gasteiger partial charge in [-0.1, -0.05) is 26.3 Å². The van der Waals surface area contributed by atoms with Crippen molar-refractivity contribution in [2.45, 2.75) is 85.0 Å². The Balaban J connectivity index is 3.32. The van der Waals surface area contributed by atoms with Crippen molar-refractivity contribution in [3.8, 4) is 0 Å². The van der Waals surface area contributed by atoms with E-state index < -0.39 is 35.7 Å². The summed E-state index contributed by atoms with van der Waals surface area (Å²) in [4.78, 5) is 27.9. The molecule has 0 aliphatic rings. The maximum atomic E-state index is 13.6. The van der Waals surface area contributed by atoms with Crippen LogP contribution >= 0.6 is 0 Å². The molecule has 8 nitrogen and oxygen atoms in total. The second-order valence-electron chi connectivity index (χ2n) is 9.80. The van der Waals surface area contributed by atoms with Crippen LogP contribution in [0.25, 0.3) is 5.57 Å². The zero-order valence-corrected chi connectivity index (χ0v) is 22.6. The highest BCUT2D eigenvalue weighted by molar-refractivity contribution is 5.90. The van der Waals surface area contributed by atoms with Crippen LogP contribution in [0, 0.1) is 5.92 Å². The maximum absolute atomic E-state index is 13.6. The van der Waals surface area contributed by atoms with Gasteiger partial charge in [0.1, 0.15) is 0 Å². The van der Waals surface area contributed by atoms with Crippen molar-refractivity contribution in [2.24, 2.45) is 22.4 Å². The van der Waals surface area contributed by atoms with Crippen molar-refractivity contribution in [3.05, 3.63) is 47.5 Å². The van der Waals surface area contributed by atoms with Crippen LogP contribution in [0.15, 0.2) is 41.1 Å². The largest absolute Gasteiger partial charge is 0.435 e. The van der Waals surface area contributed by atoms with E-state index in [1.807, 2.05) is 13.8 Å². The number of hydrogen-bond acceptors (Lipinski definition) is 6. The third-order valence-electron chi connectivity index (χ3n) is 5.43. The summed E-state index contributed by atoms with van der Waals surface area (Å²) in [5.74, 6) is -0.841. The van der Waals surface area contributed by atoms with E-state index in [0.717, 1.165) is 17.2 Å². The van der Waals surface area contributed by atoms with Gasteiger partial charge in [0.15, 0.2) is 17.8 Å². The molecule has 0 saturated carbocycles. The van der Waals surface area contributed by atoms with Crippen LogP contribution in [0.4, 0.5) is 17.6 Å². The van der Waals surface area contributed by atoms with Gasteiger partial charge in [0.05, 0.1) is 23.8 Å². The molecular weight excluding hydrogens is 504 g/mol. The number of ketones is 1. The normalized spacial score (nSPS) is 16.2. The first kappa shape index (κ1) is 32.7. The summed E-state index contributed by atoms with van der Waals surface area (Å²) in [6.07, 6.45) is 1.41. The molecule has 0 saturated heterocycles. The number of amides is 1. The number of nitrogens with zero attached hydrogens (tertiary/aromatic N) is 3. The molecule has 1 amide bonds. The van der Waals surface area contributed by atoms with Gasteiger partial charge in [-0.3, -0.25) is 19.3 Å². The quantitative estimate of drug-likeness (QED) is 0.112. The molecule has 0 aliphatic heterocycles. The topological polar surface area (TPSA) is 128 Å². The average molecular weight is 543 g/mol. The van der Waals surface area contributed by atoms with Gasteiger partial charge in [0.2, 0.25) is 5.91 Å². The Kier molecular flexibility index (Phi) is 12.1. The number of allylic oxidation sites excluding steroid dienone is 4. The predicted octanol–water partition coefficient (Wildman–Crippen LogP) is 4.32. The Labute approximate surface area is 220 Å². The molecule has 0 aliphatic carbocycles.